The average Bonchev–Trinajstić information content (AvgIpc) is 2.73. The molecule has 0 saturated heterocycles. The number of hydrogen-bond donors (Lipinski definition) is 2. The maximum Gasteiger partial charge on any atom is 0.294 e. The number of rotatable bonds is 1. The van der Waals surface area contributed by atoms with Crippen molar-refractivity contribution in [1.29, 1.82) is 5.26 Å². The Morgan fingerprint density at radius 1 is 1.05 bits per heavy atom. The second kappa shape index (κ2) is 3.82. The van der Waals surface area contributed by atoms with E-state index in [1.165, 1.54) is 12.1 Å². The summed E-state index contributed by atoms with van der Waals surface area (Å²) in [5, 5.41) is 10.3. The van der Waals surface area contributed by atoms with E-state index in [2.05, 4.69) is 4.98 Å². The fourth-order valence-corrected chi connectivity index (χ4v) is 2.62. The van der Waals surface area contributed by atoms with Gasteiger partial charge in [0.25, 0.3) is 10.1 Å². The Labute approximate surface area is 108 Å². The van der Waals surface area contributed by atoms with Crippen molar-refractivity contribution in [2.24, 2.45) is 0 Å². The number of H-pyrrole nitrogens is 1. The predicted octanol–water partition coefficient (Wildman–Crippen LogP) is 2.44. The number of nitrogens with one attached hydrogen (secondary N) is 1. The highest BCUT2D eigenvalue weighted by Crippen LogP contribution is 2.28. The zero-order valence-electron chi connectivity index (χ0n) is 9.58. The Kier molecular flexibility index (Phi) is 2.35. The SMILES string of the molecule is N#Cc1ccc2c(c1)[nH]c1ccc(S(=O)(=O)O)cc12. The van der Waals surface area contributed by atoms with Gasteiger partial charge in [0.05, 0.1) is 16.5 Å². The van der Waals surface area contributed by atoms with E-state index >= 15 is 0 Å². The maximum absolute atomic E-state index is 11.1. The first-order valence-corrected chi connectivity index (χ1v) is 6.86. The third-order valence-corrected chi connectivity index (χ3v) is 3.85. The summed E-state index contributed by atoms with van der Waals surface area (Å²) in [6.07, 6.45) is 0. The van der Waals surface area contributed by atoms with Gasteiger partial charge in [-0.2, -0.15) is 13.7 Å². The van der Waals surface area contributed by atoms with Crippen LogP contribution >= 0.6 is 0 Å². The van der Waals surface area contributed by atoms with Gasteiger partial charge in [-0.3, -0.25) is 4.55 Å². The number of aromatic nitrogens is 1. The first-order chi connectivity index (χ1) is 8.99. The monoisotopic (exact) mass is 272 g/mol. The van der Waals surface area contributed by atoms with Crippen molar-refractivity contribution < 1.29 is 13.0 Å². The minimum absolute atomic E-state index is 0.148. The minimum Gasteiger partial charge on any atom is -0.354 e. The van der Waals surface area contributed by atoms with Crippen molar-refractivity contribution >= 4 is 31.9 Å². The fourth-order valence-electron chi connectivity index (χ4n) is 2.11. The fraction of sp³-hybridized carbons (Fsp3) is 0. The number of hydrogen-bond acceptors (Lipinski definition) is 3. The van der Waals surface area contributed by atoms with E-state index in [9.17, 15) is 8.42 Å². The molecule has 0 unspecified atom stereocenters. The van der Waals surface area contributed by atoms with Crippen molar-refractivity contribution in [2.75, 3.05) is 0 Å². The van der Waals surface area contributed by atoms with Crippen LogP contribution in [0.2, 0.25) is 0 Å². The molecule has 0 amide bonds. The van der Waals surface area contributed by atoms with Crippen molar-refractivity contribution in [3.8, 4) is 6.07 Å². The van der Waals surface area contributed by atoms with Crippen molar-refractivity contribution in [3.63, 3.8) is 0 Å². The zero-order chi connectivity index (χ0) is 13.6. The molecule has 19 heavy (non-hydrogen) atoms. The van der Waals surface area contributed by atoms with Crippen LogP contribution in [0, 0.1) is 11.3 Å². The van der Waals surface area contributed by atoms with Gasteiger partial charge in [-0.1, -0.05) is 6.07 Å². The molecule has 3 aromatic rings. The van der Waals surface area contributed by atoms with Crippen molar-refractivity contribution in [1.82, 2.24) is 4.98 Å². The lowest BCUT2D eigenvalue weighted by molar-refractivity contribution is 0.483. The molecule has 0 saturated carbocycles. The van der Waals surface area contributed by atoms with Crippen LogP contribution in [0.1, 0.15) is 5.56 Å². The van der Waals surface area contributed by atoms with Gasteiger partial charge in [0.1, 0.15) is 0 Å². The van der Waals surface area contributed by atoms with Gasteiger partial charge < -0.3 is 4.98 Å². The largest absolute Gasteiger partial charge is 0.354 e. The summed E-state index contributed by atoms with van der Waals surface area (Å²) in [7, 11) is -4.22. The number of fused-ring (bicyclic) bond motifs is 3. The second-order valence-corrected chi connectivity index (χ2v) is 5.60. The average molecular weight is 272 g/mol. The van der Waals surface area contributed by atoms with Gasteiger partial charge in [-0.15, -0.1) is 0 Å². The summed E-state index contributed by atoms with van der Waals surface area (Å²) in [6, 6.07) is 11.5. The van der Waals surface area contributed by atoms with Gasteiger partial charge in [0.2, 0.25) is 0 Å². The highest BCUT2D eigenvalue weighted by atomic mass is 32.2. The van der Waals surface area contributed by atoms with Gasteiger partial charge >= 0.3 is 0 Å². The molecule has 0 fully saturated rings. The minimum atomic E-state index is -4.22. The molecule has 94 valence electrons. The Morgan fingerprint density at radius 2 is 1.84 bits per heavy atom. The molecular formula is C13H8N2O3S. The Balaban J connectivity index is 2.40. The van der Waals surface area contributed by atoms with E-state index < -0.39 is 10.1 Å². The predicted molar refractivity (Wildman–Crippen MR) is 70.3 cm³/mol. The van der Waals surface area contributed by atoms with E-state index in [0.29, 0.717) is 10.9 Å². The summed E-state index contributed by atoms with van der Waals surface area (Å²) < 4.78 is 31.3. The number of nitrogens with zero attached hydrogens (tertiary/aromatic N) is 1. The molecule has 1 heterocycles. The van der Waals surface area contributed by atoms with Crippen LogP contribution in [0.4, 0.5) is 0 Å². The van der Waals surface area contributed by atoms with Gasteiger partial charge in [0.15, 0.2) is 0 Å². The standard InChI is InChI=1S/C13H8N2O3S/c14-7-8-1-3-10-11-6-9(19(16,17)18)2-4-12(11)15-13(10)5-8/h1-6,15H,(H,16,17,18). The third-order valence-electron chi connectivity index (χ3n) is 3.00. The van der Waals surface area contributed by atoms with Gasteiger partial charge in [-0.05, 0) is 30.3 Å². The van der Waals surface area contributed by atoms with Crippen LogP contribution < -0.4 is 0 Å². The lowest BCUT2D eigenvalue weighted by Crippen LogP contribution is -1.96. The molecule has 1 aromatic heterocycles. The van der Waals surface area contributed by atoms with Gasteiger partial charge in [0, 0.05) is 21.8 Å². The van der Waals surface area contributed by atoms with Crippen LogP contribution in [0.5, 0.6) is 0 Å². The van der Waals surface area contributed by atoms with E-state index in [1.54, 1.807) is 24.3 Å². The van der Waals surface area contributed by atoms with Crippen LogP contribution in [-0.4, -0.2) is 18.0 Å². The van der Waals surface area contributed by atoms with E-state index in [-0.39, 0.29) is 4.90 Å². The zero-order valence-corrected chi connectivity index (χ0v) is 10.4. The smallest absolute Gasteiger partial charge is 0.294 e. The first kappa shape index (κ1) is 11.7. The summed E-state index contributed by atoms with van der Waals surface area (Å²) >= 11 is 0. The molecule has 5 nitrogen and oxygen atoms in total. The summed E-state index contributed by atoms with van der Waals surface area (Å²) in [5.74, 6) is 0. The molecule has 0 spiro atoms. The molecule has 6 heteroatoms. The Hall–Kier alpha value is -2.36. The highest BCUT2D eigenvalue weighted by molar-refractivity contribution is 7.85. The molecule has 0 aliphatic heterocycles. The maximum atomic E-state index is 11.1. The lowest BCUT2D eigenvalue weighted by atomic mass is 10.1. The Morgan fingerprint density at radius 3 is 2.53 bits per heavy atom. The Bertz CT molecular complexity index is 949. The van der Waals surface area contributed by atoms with Crippen molar-refractivity contribution in [3.05, 3.63) is 42.0 Å². The van der Waals surface area contributed by atoms with E-state index in [0.717, 1.165) is 16.4 Å². The topological polar surface area (TPSA) is 94.0 Å². The first-order valence-electron chi connectivity index (χ1n) is 5.42. The van der Waals surface area contributed by atoms with Crippen LogP contribution in [-0.2, 0) is 10.1 Å². The molecule has 0 aliphatic rings. The normalized spacial score (nSPS) is 11.8. The number of aromatic amines is 1. The second-order valence-electron chi connectivity index (χ2n) is 4.18. The molecule has 2 N–H and O–H groups in total. The lowest BCUT2D eigenvalue weighted by Gasteiger charge is -1.97. The molecular weight excluding hydrogens is 264 g/mol. The molecule has 3 rings (SSSR count). The number of nitriles is 1. The highest BCUT2D eigenvalue weighted by Gasteiger charge is 2.12. The van der Waals surface area contributed by atoms with Crippen LogP contribution in [0.15, 0.2) is 41.3 Å². The van der Waals surface area contributed by atoms with Crippen LogP contribution in [0.25, 0.3) is 21.8 Å². The van der Waals surface area contributed by atoms with E-state index in [4.69, 9.17) is 9.81 Å². The summed E-state index contributed by atoms with van der Waals surface area (Å²) in [4.78, 5) is 2.96. The van der Waals surface area contributed by atoms with Gasteiger partial charge in [-0.25, -0.2) is 0 Å². The molecule has 0 aliphatic carbocycles. The number of benzene rings is 2. The summed E-state index contributed by atoms with van der Waals surface area (Å²) in [5.41, 5.74) is 2.02. The third kappa shape index (κ3) is 1.85. The quantitative estimate of drug-likeness (QED) is 0.665. The molecule has 2 aromatic carbocycles. The van der Waals surface area contributed by atoms with Crippen LogP contribution in [0.3, 0.4) is 0 Å². The van der Waals surface area contributed by atoms with E-state index in [1.807, 2.05) is 6.07 Å². The molecule has 0 bridgehead atoms. The summed E-state index contributed by atoms with van der Waals surface area (Å²) in [6.45, 7) is 0. The van der Waals surface area contributed by atoms with Crippen molar-refractivity contribution in [2.45, 2.75) is 4.90 Å². The molecule has 0 atom stereocenters. The molecule has 0 radical (unpaired) electrons.